The molecule has 178 valence electrons. The molecule has 2 heterocycles. The molecular formula is C25H33N3O5. The second-order valence-corrected chi connectivity index (χ2v) is 10.4. The molecule has 2 aliphatic heterocycles. The highest BCUT2D eigenvalue weighted by Crippen LogP contribution is 2.45. The monoisotopic (exact) mass is 455 g/mol. The van der Waals surface area contributed by atoms with E-state index in [0.717, 1.165) is 12.8 Å². The van der Waals surface area contributed by atoms with E-state index < -0.39 is 23.5 Å². The number of likely N-dealkylation sites (tertiary alicyclic amines) is 1. The van der Waals surface area contributed by atoms with E-state index in [1.165, 1.54) is 0 Å². The number of rotatable bonds is 3. The first-order valence-corrected chi connectivity index (χ1v) is 11.8. The van der Waals surface area contributed by atoms with Crippen molar-refractivity contribution in [3.05, 3.63) is 24.3 Å². The molecule has 33 heavy (non-hydrogen) atoms. The van der Waals surface area contributed by atoms with Gasteiger partial charge in [-0.05, 0) is 37.8 Å². The number of carbonyl (C=O) groups is 4. The molecule has 1 aliphatic carbocycles. The molecule has 8 heteroatoms. The van der Waals surface area contributed by atoms with Crippen molar-refractivity contribution in [1.29, 1.82) is 0 Å². The van der Waals surface area contributed by atoms with Crippen LogP contribution >= 0.6 is 0 Å². The maximum atomic E-state index is 13.3. The summed E-state index contributed by atoms with van der Waals surface area (Å²) in [6.45, 7) is 6.27. The van der Waals surface area contributed by atoms with Crippen LogP contribution in [0.2, 0.25) is 0 Å². The third kappa shape index (κ3) is 4.35. The van der Waals surface area contributed by atoms with E-state index in [-0.39, 0.29) is 23.6 Å². The molecule has 8 nitrogen and oxygen atoms in total. The number of ether oxygens (including phenoxy) is 1. The normalized spacial score (nSPS) is 20.4. The maximum Gasteiger partial charge on any atom is 0.309 e. The lowest BCUT2D eigenvalue weighted by Gasteiger charge is -2.44. The fourth-order valence-electron chi connectivity index (χ4n) is 5.24. The van der Waals surface area contributed by atoms with Crippen LogP contribution in [0, 0.1) is 11.3 Å². The summed E-state index contributed by atoms with van der Waals surface area (Å²) in [4.78, 5) is 54.8. The average molecular weight is 456 g/mol. The van der Waals surface area contributed by atoms with Gasteiger partial charge in [0.25, 0.3) is 11.8 Å². The van der Waals surface area contributed by atoms with Gasteiger partial charge in [0.15, 0.2) is 6.61 Å². The molecule has 4 rings (SSSR count). The number of fused-ring (bicyclic) bond motifs is 1. The van der Waals surface area contributed by atoms with Crippen molar-refractivity contribution < 1.29 is 23.9 Å². The Bertz CT molecular complexity index is 953. The van der Waals surface area contributed by atoms with E-state index in [4.69, 9.17) is 4.74 Å². The van der Waals surface area contributed by atoms with Gasteiger partial charge in [-0.25, -0.2) is 0 Å². The quantitative estimate of drug-likeness (QED) is 0.707. The second-order valence-electron chi connectivity index (χ2n) is 10.4. The Kier molecular flexibility index (Phi) is 6.20. The first-order chi connectivity index (χ1) is 15.6. The Morgan fingerprint density at radius 1 is 1.09 bits per heavy atom. The molecule has 1 saturated carbocycles. The minimum absolute atomic E-state index is 0.0772. The predicted octanol–water partition coefficient (Wildman–Crippen LogP) is 3.11. The molecule has 1 aromatic rings. The molecule has 0 bridgehead atoms. The first-order valence-electron chi connectivity index (χ1n) is 11.8. The summed E-state index contributed by atoms with van der Waals surface area (Å²) in [6, 6.07) is 7.23. The van der Waals surface area contributed by atoms with Gasteiger partial charge in [-0.2, -0.15) is 0 Å². The fraction of sp³-hybridized carbons (Fsp3) is 0.600. The van der Waals surface area contributed by atoms with Crippen molar-refractivity contribution in [3.8, 4) is 0 Å². The Morgan fingerprint density at radius 3 is 2.36 bits per heavy atom. The number of hydrogen-bond acceptors (Lipinski definition) is 5. The van der Waals surface area contributed by atoms with Crippen LogP contribution in [0.4, 0.5) is 11.4 Å². The van der Waals surface area contributed by atoms with Crippen LogP contribution in [0.15, 0.2) is 24.3 Å². The van der Waals surface area contributed by atoms with Gasteiger partial charge >= 0.3 is 5.97 Å². The highest BCUT2D eigenvalue weighted by atomic mass is 16.5. The average Bonchev–Trinajstić information content (AvgIpc) is 3.27. The highest BCUT2D eigenvalue weighted by molar-refractivity contribution is 6.15. The molecule has 1 saturated heterocycles. The van der Waals surface area contributed by atoms with Gasteiger partial charge in [0.05, 0.1) is 17.3 Å². The molecule has 0 aromatic heterocycles. The molecule has 1 aromatic carbocycles. The minimum atomic E-state index is -0.920. The molecule has 1 spiro atoms. The Morgan fingerprint density at radius 2 is 1.73 bits per heavy atom. The zero-order valence-corrected chi connectivity index (χ0v) is 19.7. The van der Waals surface area contributed by atoms with Crippen molar-refractivity contribution in [2.75, 3.05) is 29.9 Å². The van der Waals surface area contributed by atoms with Crippen LogP contribution in [0.3, 0.4) is 0 Å². The van der Waals surface area contributed by atoms with Gasteiger partial charge in [0, 0.05) is 18.5 Å². The van der Waals surface area contributed by atoms with Crippen LogP contribution < -0.4 is 10.2 Å². The molecule has 0 atom stereocenters. The Hall–Kier alpha value is -2.90. The molecule has 2 fully saturated rings. The minimum Gasteiger partial charge on any atom is -0.455 e. The number of carbonyl (C=O) groups excluding carboxylic acids is 4. The number of para-hydroxylation sites is 2. The topological polar surface area (TPSA) is 96.0 Å². The van der Waals surface area contributed by atoms with Crippen LogP contribution in [-0.4, -0.2) is 53.8 Å². The van der Waals surface area contributed by atoms with Gasteiger partial charge in [-0.3, -0.25) is 24.1 Å². The number of esters is 1. The zero-order valence-electron chi connectivity index (χ0n) is 19.7. The fourth-order valence-corrected chi connectivity index (χ4v) is 5.24. The van der Waals surface area contributed by atoms with Crippen molar-refractivity contribution in [2.24, 2.45) is 11.3 Å². The SMILES string of the molecule is CC(C)(C)C(=O)N1CCC(C(=O)OCC(=O)N2c3ccccc3NC(=O)C23CCCC3)CC1. The lowest BCUT2D eigenvalue weighted by Crippen LogP contribution is -2.61. The molecule has 0 radical (unpaired) electrons. The van der Waals surface area contributed by atoms with E-state index in [2.05, 4.69) is 5.32 Å². The third-order valence-electron chi connectivity index (χ3n) is 7.02. The van der Waals surface area contributed by atoms with Crippen LogP contribution in [0.5, 0.6) is 0 Å². The summed E-state index contributed by atoms with van der Waals surface area (Å²) < 4.78 is 5.45. The van der Waals surface area contributed by atoms with E-state index in [0.29, 0.717) is 50.1 Å². The van der Waals surface area contributed by atoms with Gasteiger partial charge in [0.2, 0.25) is 5.91 Å². The summed E-state index contributed by atoms with van der Waals surface area (Å²) in [5, 5.41) is 2.95. The van der Waals surface area contributed by atoms with Crippen molar-refractivity contribution in [1.82, 2.24) is 4.90 Å². The van der Waals surface area contributed by atoms with E-state index in [1.54, 1.807) is 15.9 Å². The Labute approximate surface area is 194 Å². The van der Waals surface area contributed by atoms with Gasteiger partial charge in [0.1, 0.15) is 5.54 Å². The van der Waals surface area contributed by atoms with Gasteiger partial charge in [-0.15, -0.1) is 0 Å². The van der Waals surface area contributed by atoms with Crippen LogP contribution in [-0.2, 0) is 23.9 Å². The summed E-state index contributed by atoms with van der Waals surface area (Å²) in [7, 11) is 0. The van der Waals surface area contributed by atoms with Crippen molar-refractivity contribution >= 4 is 35.1 Å². The summed E-state index contributed by atoms with van der Waals surface area (Å²) >= 11 is 0. The smallest absolute Gasteiger partial charge is 0.309 e. The van der Waals surface area contributed by atoms with Crippen LogP contribution in [0.25, 0.3) is 0 Å². The molecule has 0 unspecified atom stereocenters. The highest BCUT2D eigenvalue weighted by Gasteiger charge is 2.52. The molecule has 1 N–H and O–H groups in total. The lowest BCUT2D eigenvalue weighted by molar-refractivity contribution is -0.155. The number of benzene rings is 1. The number of anilines is 2. The van der Waals surface area contributed by atoms with E-state index in [1.807, 2.05) is 39.0 Å². The maximum absolute atomic E-state index is 13.3. The number of piperidine rings is 1. The summed E-state index contributed by atoms with van der Waals surface area (Å²) in [5.74, 6) is -1.23. The number of amides is 3. The number of nitrogens with one attached hydrogen (secondary N) is 1. The van der Waals surface area contributed by atoms with Crippen molar-refractivity contribution in [3.63, 3.8) is 0 Å². The Balaban J connectivity index is 1.41. The predicted molar refractivity (Wildman–Crippen MR) is 123 cm³/mol. The number of hydrogen-bond donors (Lipinski definition) is 1. The second kappa shape index (κ2) is 8.80. The third-order valence-corrected chi connectivity index (χ3v) is 7.02. The summed E-state index contributed by atoms with van der Waals surface area (Å²) in [6.07, 6.45) is 3.96. The molecule has 3 aliphatic rings. The van der Waals surface area contributed by atoms with E-state index in [9.17, 15) is 19.2 Å². The molecular weight excluding hydrogens is 422 g/mol. The van der Waals surface area contributed by atoms with E-state index >= 15 is 0 Å². The molecule has 3 amide bonds. The summed E-state index contributed by atoms with van der Waals surface area (Å²) in [5.41, 5.74) is -0.131. The zero-order chi connectivity index (χ0) is 23.8. The van der Waals surface area contributed by atoms with Crippen LogP contribution in [0.1, 0.15) is 59.3 Å². The standard InChI is InChI=1S/C25H33N3O5/c1-24(2,3)23(32)27-14-10-17(11-15-27)21(30)33-16-20(29)28-19-9-5-4-8-18(19)26-22(31)25(28)12-6-7-13-25/h4-5,8-9,17H,6-7,10-16H2,1-3H3,(H,26,31). The van der Waals surface area contributed by atoms with Gasteiger partial charge in [-0.1, -0.05) is 45.7 Å². The largest absolute Gasteiger partial charge is 0.455 e. The number of nitrogens with zero attached hydrogens (tertiary/aromatic N) is 2. The first kappa shape index (κ1) is 23.3. The van der Waals surface area contributed by atoms with Gasteiger partial charge < -0.3 is 15.0 Å². The van der Waals surface area contributed by atoms with Crippen molar-refractivity contribution in [2.45, 2.75) is 64.8 Å². The lowest BCUT2D eigenvalue weighted by atomic mass is 9.89.